The van der Waals surface area contributed by atoms with Crippen molar-refractivity contribution in [3.63, 3.8) is 0 Å². The number of amides is 2. The van der Waals surface area contributed by atoms with Gasteiger partial charge in [-0.05, 0) is 43.4 Å². The van der Waals surface area contributed by atoms with Gasteiger partial charge in [-0.2, -0.15) is 0 Å². The Bertz CT molecular complexity index is 807. The molecule has 4 rings (SSSR count). The van der Waals surface area contributed by atoms with E-state index in [-0.39, 0.29) is 17.7 Å². The molecular formula is C21H28N4O2. The van der Waals surface area contributed by atoms with Crippen LogP contribution in [0.25, 0.3) is 11.0 Å². The number of H-pyrrole nitrogens is 1. The number of piperidine rings is 1. The number of aromatic nitrogens is 2. The Balaban J connectivity index is 1.38. The number of fused-ring (bicyclic) bond motifs is 1. The van der Waals surface area contributed by atoms with Crippen LogP contribution >= 0.6 is 0 Å². The Morgan fingerprint density at radius 3 is 2.63 bits per heavy atom. The molecule has 144 valence electrons. The maximum atomic E-state index is 12.9. The summed E-state index contributed by atoms with van der Waals surface area (Å²) in [7, 11) is 0. The van der Waals surface area contributed by atoms with Gasteiger partial charge in [0.15, 0.2) is 0 Å². The monoisotopic (exact) mass is 368 g/mol. The molecule has 6 heteroatoms. The summed E-state index contributed by atoms with van der Waals surface area (Å²) in [5.41, 5.74) is 2.85. The third-order valence-corrected chi connectivity index (χ3v) is 5.88. The van der Waals surface area contributed by atoms with Crippen molar-refractivity contribution in [3.05, 3.63) is 30.1 Å². The zero-order chi connectivity index (χ0) is 18.6. The Kier molecular flexibility index (Phi) is 5.41. The van der Waals surface area contributed by atoms with Crippen LogP contribution in [-0.2, 0) is 16.0 Å². The topological polar surface area (TPSA) is 69.3 Å². The van der Waals surface area contributed by atoms with Crippen molar-refractivity contribution in [2.75, 3.05) is 26.2 Å². The predicted octanol–water partition coefficient (Wildman–Crippen LogP) is 2.75. The van der Waals surface area contributed by atoms with E-state index in [4.69, 9.17) is 0 Å². The molecule has 0 bridgehead atoms. The van der Waals surface area contributed by atoms with Crippen LogP contribution in [0.4, 0.5) is 0 Å². The van der Waals surface area contributed by atoms with Crippen LogP contribution in [0.3, 0.4) is 0 Å². The van der Waals surface area contributed by atoms with Gasteiger partial charge in [0, 0.05) is 26.2 Å². The van der Waals surface area contributed by atoms with E-state index in [1.165, 1.54) is 12.8 Å². The minimum Gasteiger partial charge on any atom is -0.345 e. The third kappa shape index (κ3) is 4.15. The number of nitrogens with zero attached hydrogens (tertiary/aromatic N) is 3. The molecule has 1 aromatic heterocycles. The Labute approximate surface area is 159 Å². The van der Waals surface area contributed by atoms with Crippen molar-refractivity contribution in [2.24, 2.45) is 5.92 Å². The summed E-state index contributed by atoms with van der Waals surface area (Å²) in [5, 5.41) is 0. The maximum absolute atomic E-state index is 12.9. The molecule has 0 radical (unpaired) electrons. The summed E-state index contributed by atoms with van der Waals surface area (Å²) in [5.74, 6) is 0.339. The van der Waals surface area contributed by atoms with Crippen molar-refractivity contribution in [1.29, 1.82) is 0 Å². The van der Waals surface area contributed by atoms with E-state index in [1.54, 1.807) is 6.33 Å². The standard InChI is InChI=1S/C21H28N4O2/c26-20(13-16-7-8-18-19(12-16)23-15-22-18)25-11-5-6-17(14-25)21(27)24-9-3-1-2-4-10-24/h7-8,12,15,17H,1-6,9-11,13-14H2,(H,22,23). The lowest BCUT2D eigenvalue weighted by atomic mass is 9.95. The Morgan fingerprint density at radius 2 is 1.81 bits per heavy atom. The maximum Gasteiger partial charge on any atom is 0.227 e. The molecular weight excluding hydrogens is 340 g/mol. The fourth-order valence-electron chi connectivity index (χ4n) is 4.33. The van der Waals surface area contributed by atoms with E-state index in [0.29, 0.717) is 13.0 Å². The average molecular weight is 368 g/mol. The van der Waals surface area contributed by atoms with Crippen LogP contribution in [0.5, 0.6) is 0 Å². The van der Waals surface area contributed by atoms with E-state index in [2.05, 4.69) is 9.97 Å². The van der Waals surface area contributed by atoms with Crippen LogP contribution in [0.2, 0.25) is 0 Å². The second-order valence-corrected chi connectivity index (χ2v) is 7.85. The number of aromatic amines is 1. The van der Waals surface area contributed by atoms with Gasteiger partial charge in [-0.15, -0.1) is 0 Å². The van der Waals surface area contributed by atoms with Crippen molar-refractivity contribution < 1.29 is 9.59 Å². The molecule has 1 N–H and O–H groups in total. The molecule has 2 amide bonds. The van der Waals surface area contributed by atoms with E-state index >= 15 is 0 Å². The molecule has 2 saturated heterocycles. The summed E-state index contributed by atoms with van der Waals surface area (Å²) in [4.78, 5) is 37.0. The van der Waals surface area contributed by atoms with Gasteiger partial charge in [0.2, 0.25) is 11.8 Å². The molecule has 2 aromatic rings. The van der Waals surface area contributed by atoms with E-state index in [9.17, 15) is 9.59 Å². The number of hydrogen-bond acceptors (Lipinski definition) is 3. The highest BCUT2D eigenvalue weighted by Gasteiger charge is 2.31. The van der Waals surface area contributed by atoms with Crippen LogP contribution in [0, 0.1) is 5.92 Å². The minimum atomic E-state index is -0.0316. The number of carbonyl (C=O) groups is 2. The van der Waals surface area contributed by atoms with Gasteiger partial charge < -0.3 is 14.8 Å². The second kappa shape index (κ2) is 8.11. The molecule has 27 heavy (non-hydrogen) atoms. The lowest BCUT2D eigenvalue weighted by molar-refractivity contribution is -0.140. The highest BCUT2D eigenvalue weighted by Crippen LogP contribution is 2.22. The number of carbonyl (C=O) groups excluding carboxylic acids is 2. The van der Waals surface area contributed by atoms with E-state index in [1.807, 2.05) is 28.0 Å². The number of benzene rings is 1. The first-order valence-electron chi connectivity index (χ1n) is 10.2. The molecule has 6 nitrogen and oxygen atoms in total. The van der Waals surface area contributed by atoms with Crippen molar-refractivity contribution in [1.82, 2.24) is 19.8 Å². The van der Waals surface area contributed by atoms with Gasteiger partial charge in [0.05, 0.1) is 29.7 Å². The first-order valence-corrected chi connectivity index (χ1v) is 10.2. The number of rotatable bonds is 3. The molecule has 2 aliphatic heterocycles. The normalized spacial score (nSPS) is 21.3. The van der Waals surface area contributed by atoms with Crippen molar-refractivity contribution in [2.45, 2.75) is 44.9 Å². The summed E-state index contributed by atoms with van der Waals surface area (Å²) in [6.45, 7) is 3.09. The number of likely N-dealkylation sites (tertiary alicyclic amines) is 2. The van der Waals surface area contributed by atoms with Gasteiger partial charge in [-0.25, -0.2) is 4.98 Å². The lowest BCUT2D eigenvalue weighted by Crippen LogP contribution is -2.47. The molecule has 0 aliphatic carbocycles. The number of hydrogen-bond donors (Lipinski definition) is 1. The molecule has 0 spiro atoms. The molecule has 1 unspecified atom stereocenters. The summed E-state index contributed by atoms with van der Waals surface area (Å²) >= 11 is 0. The van der Waals surface area contributed by atoms with Gasteiger partial charge in [-0.3, -0.25) is 9.59 Å². The van der Waals surface area contributed by atoms with Crippen molar-refractivity contribution in [3.8, 4) is 0 Å². The van der Waals surface area contributed by atoms with Crippen LogP contribution in [-0.4, -0.2) is 57.8 Å². The van der Waals surface area contributed by atoms with Crippen LogP contribution < -0.4 is 0 Å². The molecule has 0 saturated carbocycles. The molecule has 1 atom stereocenters. The van der Waals surface area contributed by atoms with E-state index < -0.39 is 0 Å². The Morgan fingerprint density at radius 1 is 1.04 bits per heavy atom. The van der Waals surface area contributed by atoms with Crippen LogP contribution in [0.15, 0.2) is 24.5 Å². The summed E-state index contributed by atoms with van der Waals surface area (Å²) in [6, 6.07) is 5.89. The number of imidazole rings is 1. The van der Waals surface area contributed by atoms with Gasteiger partial charge in [0.1, 0.15) is 0 Å². The second-order valence-electron chi connectivity index (χ2n) is 7.85. The molecule has 1 aromatic carbocycles. The lowest BCUT2D eigenvalue weighted by Gasteiger charge is -2.35. The van der Waals surface area contributed by atoms with Crippen molar-refractivity contribution >= 4 is 22.8 Å². The van der Waals surface area contributed by atoms with Gasteiger partial charge >= 0.3 is 0 Å². The fourth-order valence-corrected chi connectivity index (χ4v) is 4.33. The molecule has 3 heterocycles. The summed E-state index contributed by atoms with van der Waals surface area (Å²) < 4.78 is 0. The highest BCUT2D eigenvalue weighted by molar-refractivity contribution is 5.83. The molecule has 2 fully saturated rings. The van der Waals surface area contributed by atoms with E-state index in [0.717, 1.165) is 61.9 Å². The highest BCUT2D eigenvalue weighted by atomic mass is 16.2. The predicted molar refractivity (Wildman–Crippen MR) is 104 cm³/mol. The molecule has 2 aliphatic rings. The number of nitrogens with one attached hydrogen (secondary N) is 1. The van der Waals surface area contributed by atoms with Gasteiger partial charge in [0.25, 0.3) is 0 Å². The SMILES string of the molecule is O=C(Cc1ccc2nc[nH]c2c1)N1CCCC(C(=O)N2CCCCCC2)C1. The zero-order valence-electron chi connectivity index (χ0n) is 15.8. The minimum absolute atomic E-state index is 0.0316. The fraction of sp³-hybridized carbons (Fsp3) is 0.571. The smallest absolute Gasteiger partial charge is 0.227 e. The Hall–Kier alpha value is -2.37. The zero-order valence-corrected chi connectivity index (χ0v) is 15.8. The first kappa shape index (κ1) is 18.0. The first-order chi connectivity index (χ1) is 13.2. The quantitative estimate of drug-likeness (QED) is 0.906. The van der Waals surface area contributed by atoms with Gasteiger partial charge in [-0.1, -0.05) is 18.9 Å². The largest absolute Gasteiger partial charge is 0.345 e. The third-order valence-electron chi connectivity index (χ3n) is 5.88. The summed E-state index contributed by atoms with van der Waals surface area (Å²) in [6.07, 6.45) is 8.52. The average Bonchev–Trinajstić information content (AvgIpc) is 2.99. The van der Waals surface area contributed by atoms with Crippen LogP contribution in [0.1, 0.15) is 44.1 Å².